The van der Waals surface area contributed by atoms with E-state index in [9.17, 15) is 9.59 Å². The third kappa shape index (κ3) is 2.28. The van der Waals surface area contributed by atoms with Crippen LogP contribution >= 0.6 is 0 Å². The van der Waals surface area contributed by atoms with Crippen LogP contribution in [0, 0.1) is 5.92 Å². The standard InChI is InChI=1S/C22H22N2O2/c25-21(16-7-2-1-3-8-16)24-18-11-10-17(14-18)20(24)22(26)23-13-12-15-6-4-5-9-19(15)23/h1-9,17-18,20H,10-14H2. The number of amides is 2. The maximum atomic E-state index is 13.5. The average molecular weight is 346 g/mol. The van der Waals surface area contributed by atoms with Crippen molar-refractivity contribution < 1.29 is 9.59 Å². The number of para-hydroxylation sites is 1. The molecule has 2 bridgehead atoms. The quantitative estimate of drug-likeness (QED) is 0.837. The molecule has 3 unspecified atom stereocenters. The van der Waals surface area contributed by atoms with Gasteiger partial charge in [-0.2, -0.15) is 0 Å². The van der Waals surface area contributed by atoms with E-state index in [0.29, 0.717) is 11.5 Å². The smallest absolute Gasteiger partial charge is 0.254 e. The Balaban J connectivity index is 1.47. The van der Waals surface area contributed by atoms with E-state index < -0.39 is 0 Å². The van der Waals surface area contributed by atoms with Crippen LogP contribution < -0.4 is 4.90 Å². The molecular formula is C22H22N2O2. The molecule has 3 atom stereocenters. The largest absolute Gasteiger partial charge is 0.323 e. The molecule has 4 heteroatoms. The second-order valence-corrected chi connectivity index (χ2v) is 7.62. The highest BCUT2D eigenvalue weighted by atomic mass is 16.2. The van der Waals surface area contributed by atoms with Gasteiger partial charge in [0.1, 0.15) is 6.04 Å². The van der Waals surface area contributed by atoms with Crippen molar-refractivity contribution in [1.82, 2.24) is 4.90 Å². The van der Waals surface area contributed by atoms with E-state index in [0.717, 1.165) is 37.9 Å². The molecule has 26 heavy (non-hydrogen) atoms. The van der Waals surface area contributed by atoms with E-state index in [-0.39, 0.29) is 23.9 Å². The van der Waals surface area contributed by atoms with Crippen molar-refractivity contribution in [3.05, 3.63) is 65.7 Å². The minimum Gasteiger partial charge on any atom is -0.323 e. The number of hydrogen-bond acceptors (Lipinski definition) is 2. The lowest BCUT2D eigenvalue weighted by Gasteiger charge is -2.36. The van der Waals surface area contributed by atoms with Gasteiger partial charge < -0.3 is 9.80 Å². The first kappa shape index (κ1) is 15.6. The predicted octanol–water partition coefficient (Wildman–Crippen LogP) is 3.27. The highest BCUT2D eigenvalue weighted by Crippen LogP contribution is 2.44. The third-order valence-electron chi connectivity index (χ3n) is 6.25. The van der Waals surface area contributed by atoms with Crippen molar-refractivity contribution >= 4 is 17.5 Å². The molecule has 2 fully saturated rings. The first-order valence-electron chi connectivity index (χ1n) is 9.51. The van der Waals surface area contributed by atoms with Crippen LogP contribution in [-0.4, -0.2) is 35.3 Å². The van der Waals surface area contributed by atoms with Crippen molar-refractivity contribution in [2.75, 3.05) is 11.4 Å². The van der Waals surface area contributed by atoms with Crippen LogP contribution in [0.4, 0.5) is 5.69 Å². The molecule has 0 N–H and O–H groups in total. The number of piperidine rings is 1. The summed E-state index contributed by atoms with van der Waals surface area (Å²) >= 11 is 0. The van der Waals surface area contributed by atoms with Gasteiger partial charge in [0, 0.05) is 23.8 Å². The number of carbonyl (C=O) groups is 2. The van der Waals surface area contributed by atoms with Crippen molar-refractivity contribution in [2.24, 2.45) is 5.92 Å². The monoisotopic (exact) mass is 346 g/mol. The van der Waals surface area contributed by atoms with Gasteiger partial charge in [0.2, 0.25) is 5.91 Å². The molecule has 2 amide bonds. The van der Waals surface area contributed by atoms with Crippen LogP contribution in [0.2, 0.25) is 0 Å². The topological polar surface area (TPSA) is 40.6 Å². The van der Waals surface area contributed by atoms with E-state index in [1.165, 1.54) is 5.56 Å². The van der Waals surface area contributed by atoms with E-state index in [1.54, 1.807) is 0 Å². The molecule has 2 aliphatic heterocycles. The third-order valence-corrected chi connectivity index (χ3v) is 6.25. The molecule has 1 aliphatic carbocycles. The van der Waals surface area contributed by atoms with Crippen molar-refractivity contribution in [3.8, 4) is 0 Å². The van der Waals surface area contributed by atoms with E-state index >= 15 is 0 Å². The van der Waals surface area contributed by atoms with Gasteiger partial charge in [-0.05, 0) is 55.4 Å². The molecule has 0 aromatic heterocycles. The number of rotatable bonds is 2. The summed E-state index contributed by atoms with van der Waals surface area (Å²) in [6.07, 6.45) is 3.93. The molecule has 2 aromatic rings. The molecule has 3 aliphatic rings. The molecule has 2 heterocycles. The highest BCUT2D eigenvalue weighted by Gasteiger charge is 2.52. The maximum absolute atomic E-state index is 13.5. The molecule has 0 spiro atoms. The van der Waals surface area contributed by atoms with Gasteiger partial charge in [0.15, 0.2) is 0 Å². The van der Waals surface area contributed by atoms with E-state index in [4.69, 9.17) is 0 Å². The highest BCUT2D eigenvalue weighted by molar-refractivity contribution is 6.04. The fourth-order valence-electron chi connectivity index (χ4n) is 5.05. The number of nitrogens with zero attached hydrogens (tertiary/aromatic N) is 2. The Morgan fingerprint density at radius 3 is 2.54 bits per heavy atom. The summed E-state index contributed by atoms with van der Waals surface area (Å²) in [5.41, 5.74) is 2.93. The fourth-order valence-corrected chi connectivity index (χ4v) is 5.05. The minimum absolute atomic E-state index is 0.00336. The Morgan fingerprint density at radius 2 is 1.69 bits per heavy atom. The van der Waals surface area contributed by atoms with Gasteiger partial charge in [0.25, 0.3) is 5.91 Å². The lowest BCUT2D eigenvalue weighted by Crippen LogP contribution is -2.53. The molecule has 1 saturated carbocycles. The van der Waals surface area contributed by atoms with Gasteiger partial charge >= 0.3 is 0 Å². The van der Waals surface area contributed by atoms with Crippen LogP contribution in [0.25, 0.3) is 0 Å². The normalized spacial score (nSPS) is 26.2. The lowest BCUT2D eigenvalue weighted by atomic mass is 9.96. The molecule has 1 saturated heterocycles. The summed E-state index contributed by atoms with van der Waals surface area (Å²) in [4.78, 5) is 30.5. The molecule has 2 aromatic carbocycles. The van der Waals surface area contributed by atoms with Crippen LogP contribution in [0.3, 0.4) is 0 Å². The zero-order valence-corrected chi connectivity index (χ0v) is 14.7. The molecule has 4 nitrogen and oxygen atoms in total. The molecule has 5 rings (SSSR count). The Morgan fingerprint density at radius 1 is 0.923 bits per heavy atom. The average Bonchev–Trinajstić information content (AvgIpc) is 3.41. The van der Waals surface area contributed by atoms with Gasteiger partial charge in [-0.25, -0.2) is 0 Å². The minimum atomic E-state index is -0.312. The number of hydrogen-bond donors (Lipinski definition) is 0. The Bertz CT molecular complexity index is 863. The second kappa shape index (κ2) is 5.97. The van der Waals surface area contributed by atoms with Gasteiger partial charge in [0.05, 0.1) is 0 Å². The zero-order chi connectivity index (χ0) is 17.7. The van der Waals surface area contributed by atoms with E-state index in [2.05, 4.69) is 6.07 Å². The van der Waals surface area contributed by atoms with Gasteiger partial charge in [-0.15, -0.1) is 0 Å². The summed E-state index contributed by atoms with van der Waals surface area (Å²) in [6, 6.07) is 17.4. The number of likely N-dealkylation sites (tertiary alicyclic amines) is 1. The van der Waals surface area contributed by atoms with Crippen LogP contribution in [0.15, 0.2) is 54.6 Å². The van der Waals surface area contributed by atoms with Gasteiger partial charge in [-0.3, -0.25) is 9.59 Å². The fraction of sp³-hybridized carbons (Fsp3) is 0.364. The summed E-state index contributed by atoms with van der Waals surface area (Å²) in [7, 11) is 0. The first-order valence-corrected chi connectivity index (χ1v) is 9.51. The predicted molar refractivity (Wildman–Crippen MR) is 100 cm³/mol. The van der Waals surface area contributed by atoms with Crippen molar-refractivity contribution in [1.29, 1.82) is 0 Å². The molecular weight excluding hydrogens is 324 g/mol. The van der Waals surface area contributed by atoms with Crippen LogP contribution in [-0.2, 0) is 11.2 Å². The van der Waals surface area contributed by atoms with Crippen LogP contribution in [0.1, 0.15) is 35.2 Å². The SMILES string of the molecule is O=C(C1C2CCC(C2)N1C(=O)c1ccccc1)N1CCc2ccccc21. The number of benzene rings is 2. The summed E-state index contributed by atoms with van der Waals surface area (Å²) in [6.45, 7) is 0.722. The Hall–Kier alpha value is -2.62. The Kier molecular flexibility index (Phi) is 3.59. The zero-order valence-electron chi connectivity index (χ0n) is 14.7. The summed E-state index contributed by atoms with van der Waals surface area (Å²) in [5.74, 6) is 0.406. The second-order valence-electron chi connectivity index (χ2n) is 7.62. The van der Waals surface area contributed by atoms with Crippen molar-refractivity contribution in [3.63, 3.8) is 0 Å². The number of fused-ring (bicyclic) bond motifs is 3. The van der Waals surface area contributed by atoms with E-state index in [1.807, 2.05) is 58.3 Å². The lowest BCUT2D eigenvalue weighted by molar-refractivity contribution is -0.124. The maximum Gasteiger partial charge on any atom is 0.254 e. The number of carbonyl (C=O) groups excluding carboxylic acids is 2. The first-order chi connectivity index (χ1) is 12.7. The summed E-state index contributed by atoms with van der Waals surface area (Å²) < 4.78 is 0. The van der Waals surface area contributed by atoms with Crippen molar-refractivity contribution in [2.45, 2.75) is 37.8 Å². The molecule has 132 valence electrons. The van der Waals surface area contributed by atoms with Crippen LogP contribution in [0.5, 0.6) is 0 Å². The summed E-state index contributed by atoms with van der Waals surface area (Å²) in [5, 5.41) is 0. The number of anilines is 1. The molecule has 0 radical (unpaired) electrons. The Labute approximate surface area is 153 Å². The van der Waals surface area contributed by atoms with Gasteiger partial charge in [-0.1, -0.05) is 36.4 Å².